The third kappa shape index (κ3) is 3.80. The Balaban J connectivity index is 1.62. The van der Waals surface area contributed by atoms with Crippen LogP contribution in [0.2, 0.25) is 0 Å². The first-order valence-corrected chi connectivity index (χ1v) is 9.31. The molecule has 122 valence electrons. The van der Waals surface area contributed by atoms with Crippen molar-refractivity contribution in [2.24, 2.45) is 5.92 Å². The summed E-state index contributed by atoms with van der Waals surface area (Å²) in [6, 6.07) is 0.786. The third-order valence-electron chi connectivity index (χ3n) is 6.21. The summed E-state index contributed by atoms with van der Waals surface area (Å²) in [5.41, 5.74) is 0.457. The Hall–Kier alpha value is -0.120. The van der Waals surface area contributed by atoms with E-state index in [0.29, 0.717) is 5.54 Å². The van der Waals surface area contributed by atoms with Gasteiger partial charge >= 0.3 is 0 Å². The van der Waals surface area contributed by atoms with Gasteiger partial charge in [0.05, 0.1) is 0 Å². The number of piperazine rings is 1. The Labute approximate surface area is 130 Å². The molecule has 1 spiro atoms. The van der Waals surface area contributed by atoms with Gasteiger partial charge in [0.25, 0.3) is 0 Å². The molecule has 3 aliphatic rings. The van der Waals surface area contributed by atoms with Gasteiger partial charge in [-0.3, -0.25) is 4.90 Å². The molecule has 1 saturated heterocycles. The van der Waals surface area contributed by atoms with Crippen LogP contribution < -0.4 is 5.32 Å². The number of nitrogens with zero attached hydrogens (tertiary/aromatic N) is 1. The molecule has 0 aromatic heterocycles. The van der Waals surface area contributed by atoms with E-state index in [1.165, 1.54) is 83.8 Å². The Morgan fingerprint density at radius 1 is 1.10 bits per heavy atom. The van der Waals surface area contributed by atoms with Crippen molar-refractivity contribution in [2.75, 3.05) is 33.4 Å². The topological polar surface area (TPSA) is 24.5 Å². The van der Waals surface area contributed by atoms with Gasteiger partial charge in [-0.05, 0) is 38.0 Å². The monoisotopic (exact) mass is 294 g/mol. The van der Waals surface area contributed by atoms with Crippen molar-refractivity contribution in [1.82, 2.24) is 10.2 Å². The molecule has 3 fully saturated rings. The highest BCUT2D eigenvalue weighted by molar-refractivity contribution is 5.02. The lowest BCUT2D eigenvalue weighted by atomic mass is 9.80. The Kier molecular flexibility index (Phi) is 5.58. The smallest absolute Gasteiger partial charge is 0.0474 e. The largest absolute Gasteiger partial charge is 0.385 e. The van der Waals surface area contributed by atoms with Gasteiger partial charge in [-0.15, -0.1) is 0 Å². The van der Waals surface area contributed by atoms with Gasteiger partial charge in [-0.1, -0.05) is 32.1 Å². The minimum Gasteiger partial charge on any atom is -0.385 e. The highest BCUT2D eigenvalue weighted by atomic mass is 16.5. The van der Waals surface area contributed by atoms with Crippen LogP contribution in [0.15, 0.2) is 0 Å². The maximum Gasteiger partial charge on any atom is 0.0474 e. The fourth-order valence-electron chi connectivity index (χ4n) is 5.04. The van der Waals surface area contributed by atoms with Crippen molar-refractivity contribution >= 4 is 0 Å². The molecular formula is C18H34N2O. The fourth-order valence-corrected chi connectivity index (χ4v) is 5.04. The molecule has 1 N–H and O–H groups in total. The van der Waals surface area contributed by atoms with Gasteiger partial charge in [-0.25, -0.2) is 0 Å². The van der Waals surface area contributed by atoms with Crippen LogP contribution >= 0.6 is 0 Å². The van der Waals surface area contributed by atoms with Crippen molar-refractivity contribution < 1.29 is 4.74 Å². The number of methoxy groups -OCH3 is 1. The van der Waals surface area contributed by atoms with Crippen LogP contribution in [0.1, 0.15) is 64.2 Å². The molecular weight excluding hydrogens is 260 g/mol. The second-order valence-corrected chi connectivity index (χ2v) is 7.65. The zero-order valence-corrected chi connectivity index (χ0v) is 13.9. The molecule has 3 nitrogen and oxygen atoms in total. The van der Waals surface area contributed by atoms with Crippen molar-refractivity contribution in [3.05, 3.63) is 0 Å². The average molecular weight is 294 g/mol. The molecule has 2 aliphatic carbocycles. The van der Waals surface area contributed by atoms with E-state index in [1.54, 1.807) is 0 Å². The summed E-state index contributed by atoms with van der Waals surface area (Å²) in [6.45, 7) is 4.67. The van der Waals surface area contributed by atoms with E-state index in [0.717, 1.165) is 18.6 Å². The molecule has 3 heteroatoms. The van der Waals surface area contributed by atoms with Crippen LogP contribution in [0.4, 0.5) is 0 Å². The zero-order valence-electron chi connectivity index (χ0n) is 13.9. The van der Waals surface area contributed by atoms with Crippen LogP contribution in [0.3, 0.4) is 0 Å². The number of hydrogen-bond acceptors (Lipinski definition) is 3. The van der Waals surface area contributed by atoms with Crippen LogP contribution in [0.5, 0.6) is 0 Å². The molecule has 1 atom stereocenters. The summed E-state index contributed by atoms with van der Waals surface area (Å²) in [7, 11) is 1.83. The SMILES string of the molecule is COCCCN1CC2(CCCC2)NCC1C1CCCCC1. The van der Waals surface area contributed by atoms with Crippen molar-refractivity contribution in [3.63, 3.8) is 0 Å². The van der Waals surface area contributed by atoms with E-state index in [4.69, 9.17) is 4.74 Å². The second-order valence-electron chi connectivity index (χ2n) is 7.65. The van der Waals surface area contributed by atoms with Gasteiger partial charge in [0.15, 0.2) is 0 Å². The number of ether oxygens (including phenoxy) is 1. The molecule has 21 heavy (non-hydrogen) atoms. The van der Waals surface area contributed by atoms with Crippen molar-refractivity contribution in [1.29, 1.82) is 0 Å². The Bertz CT molecular complexity index is 308. The molecule has 0 amide bonds. The van der Waals surface area contributed by atoms with Gasteiger partial charge < -0.3 is 10.1 Å². The first kappa shape index (κ1) is 15.8. The fraction of sp³-hybridized carbons (Fsp3) is 1.00. The van der Waals surface area contributed by atoms with Crippen LogP contribution in [-0.4, -0.2) is 49.8 Å². The molecule has 1 aliphatic heterocycles. The summed E-state index contributed by atoms with van der Waals surface area (Å²) >= 11 is 0. The molecule has 0 bridgehead atoms. The van der Waals surface area contributed by atoms with E-state index >= 15 is 0 Å². The molecule has 3 rings (SSSR count). The predicted octanol–water partition coefficient (Wildman–Crippen LogP) is 3.19. The summed E-state index contributed by atoms with van der Waals surface area (Å²) < 4.78 is 5.29. The summed E-state index contributed by atoms with van der Waals surface area (Å²) in [4.78, 5) is 2.84. The van der Waals surface area contributed by atoms with E-state index in [-0.39, 0.29) is 0 Å². The van der Waals surface area contributed by atoms with E-state index in [2.05, 4.69) is 10.2 Å². The van der Waals surface area contributed by atoms with Crippen LogP contribution in [-0.2, 0) is 4.74 Å². The van der Waals surface area contributed by atoms with E-state index in [9.17, 15) is 0 Å². The molecule has 1 heterocycles. The number of rotatable bonds is 5. The summed E-state index contributed by atoms with van der Waals surface area (Å²) in [5.74, 6) is 0.938. The van der Waals surface area contributed by atoms with Crippen LogP contribution in [0, 0.1) is 5.92 Å². The number of nitrogens with one attached hydrogen (secondary N) is 1. The minimum absolute atomic E-state index is 0.457. The quantitative estimate of drug-likeness (QED) is 0.788. The Morgan fingerprint density at radius 2 is 1.86 bits per heavy atom. The summed E-state index contributed by atoms with van der Waals surface area (Å²) in [6.07, 6.45) is 14.1. The second kappa shape index (κ2) is 7.43. The molecule has 0 aromatic carbocycles. The maximum atomic E-state index is 5.29. The molecule has 1 unspecified atom stereocenters. The van der Waals surface area contributed by atoms with Gasteiger partial charge in [0.1, 0.15) is 0 Å². The zero-order chi connectivity index (χ0) is 14.5. The molecule has 2 saturated carbocycles. The number of hydrogen-bond donors (Lipinski definition) is 1. The molecule has 0 radical (unpaired) electrons. The van der Waals surface area contributed by atoms with Crippen molar-refractivity contribution in [2.45, 2.75) is 75.8 Å². The van der Waals surface area contributed by atoms with Gasteiger partial charge in [0.2, 0.25) is 0 Å². The van der Waals surface area contributed by atoms with E-state index in [1.807, 2.05) is 7.11 Å². The first-order chi connectivity index (χ1) is 10.3. The standard InChI is InChI=1S/C18H34N2O/c1-21-13-7-12-20-15-18(10-5-6-11-18)19-14-17(20)16-8-3-2-4-9-16/h16-17,19H,2-15H2,1H3. The lowest BCUT2D eigenvalue weighted by Gasteiger charge is -2.49. The summed E-state index contributed by atoms with van der Waals surface area (Å²) in [5, 5.41) is 3.99. The molecule has 0 aromatic rings. The van der Waals surface area contributed by atoms with Crippen LogP contribution in [0.25, 0.3) is 0 Å². The van der Waals surface area contributed by atoms with Gasteiger partial charge in [0, 0.05) is 44.9 Å². The Morgan fingerprint density at radius 3 is 2.57 bits per heavy atom. The van der Waals surface area contributed by atoms with Crippen molar-refractivity contribution in [3.8, 4) is 0 Å². The minimum atomic E-state index is 0.457. The lowest BCUT2D eigenvalue weighted by Crippen LogP contribution is -2.65. The van der Waals surface area contributed by atoms with E-state index < -0.39 is 0 Å². The third-order valence-corrected chi connectivity index (χ3v) is 6.21. The lowest BCUT2D eigenvalue weighted by molar-refractivity contribution is 0.0318. The average Bonchev–Trinajstić information content (AvgIpc) is 2.97. The predicted molar refractivity (Wildman–Crippen MR) is 87.6 cm³/mol. The highest BCUT2D eigenvalue weighted by Gasteiger charge is 2.42. The highest BCUT2D eigenvalue weighted by Crippen LogP contribution is 2.37. The maximum absolute atomic E-state index is 5.29. The van der Waals surface area contributed by atoms with Gasteiger partial charge in [-0.2, -0.15) is 0 Å². The first-order valence-electron chi connectivity index (χ1n) is 9.31. The normalized spacial score (nSPS) is 31.0.